The van der Waals surface area contributed by atoms with E-state index in [0.717, 1.165) is 0 Å². The zero-order chi connectivity index (χ0) is 16.6. The molecule has 2 N–H and O–H groups in total. The fourth-order valence-electron chi connectivity index (χ4n) is 2.98. The van der Waals surface area contributed by atoms with E-state index in [0.29, 0.717) is 23.2 Å². The van der Waals surface area contributed by atoms with E-state index in [1.807, 2.05) is 0 Å². The quantitative estimate of drug-likeness (QED) is 0.747. The first-order valence-corrected chi connectivity index (χ1v) is 7.30. The Morgan fingerprint density at radius 2 is 2.17 bits per heavy atom. The lowest BCUT2D eigenvalue weighted by atomic mass is 10.0. The highest BCUT2D eigenvalue weighted by Gasteiger charge is 2.39. The molecule has 120 valence electrons. The number of piperidine rings is 1. The normalized spacial score (nSPS) is 20.4. The molecule has 2 aliphatic rings. The van der Waals surface area contributed by atoms with Crippen LogP contribution in [0.1, 0.15) is 40.9 Å². The van der Waals surface area contributed by atoms with Gasteiger partial charge in [-0.15, -0.1) is 0 Å². The van der Waals surface area contributed by atoms with Gasteiger partial charge in [0.1, 0.15) is 6.04 Å². The highest BCUT2D eigenvalue weighted by molar-refractivity contribution is 6.05. The molecule has 2 aliphatic heterocycles. The molecule has 1 aromatic heterocycles. The van der Waals surface area contributed by atoms with Gasteiger partial charge in [0.05, 0.1) is 6.42 Å². The van der Waals surface area contributed by atoms with E-state index < -0.39 is 17.9 Å². The maximum atomic E-state index is 12.5. The topological polar surface area (TPSA) is 117 Å². The Balaban J connectivity index is 1.84. The molecule has 0 spiro atoms. The van der Waals surface area contributed by atoms with Crippen LogP contribution in [-0.4, -0.2) is 44.7 Å². The second kappa shape index (κ2) is 5.79. The molecule has 0 saturated carbocycles. The summed E-state index contributed by atoms with van der Waals surface area (Å²) < 4.78 is 0. The van der Waals surface area contributed by atoms with Crippen LogP contribution >= 0.6 is 0 Å². The SMILES string of the molecule is O=C(O)CCc1nccc2c1CN(C1CCC(=O)NC1=O)C2=O. The third-order valence-electron chi connectivity index (χ3n) is 4.13. The number of fused-ring (bicyclic) bond motifs is 1. The van der Waals surface area contributed by atoms with Gasteiger partial charge in [-0.05, 0) is 12.5 Å². The van der Waals surface area contributed by atoms with Crippen LogP contribution in [0.5, 0.6) is 0 Å². The standard InChI is InChI=1S/C15H15N3O5/c19-12-3-2-11(14(22)17-12)18-7-9-8(15(18)23)5-6-16-10(9)1-4-13(20)21/h5-6,11H,1-4,7H2,(H,20,21)(H,17,19,22). The molecule has 1 saturated heterocycles. The first-order valence-electron chi connectivity index (χ1n) is 7.30. The van der Waals surface area contributed by atoms with E-state index in [4.69, 9.17) is 5.11 Å². The van der Waals surface area contributed by atoms with Gasteiger partial charge in [0.25, 0.3) is 5.91 Å². The van der Waals surface area contributed by atoms with Gasteiger partial charge in [-0.2, -0.15) is 0 Å². The second-order valence-corrected chi connectivity index (χ2v) is 5.58. The Kier molecular flexibility index (Phi) is 3.81. The Hall–Kier alpha value is -2.77. The van der Waals surface area contributed by atoms with E-state index in [1.54, 1.807) is 6.07 Å². The van der Waals surface area contributed by atoms with Gasteiger partial charge in [0.15, 0.2) is 0 Å². The van der Waals surface area contributed by atoms with E-state index in [-0.39, 0.29) is 37.6 Å². The van der Waals surface area contributed by atoms with Crippen LogP contribution in [0.25, 0.3) is 0 Å². The number of carbonyl (C=O) groups is 4. The molecule has 1 atom stereocenters. The molecule has 3 rings (SSSR count). The van der Waals surface area contributed by atoms with Gasteiger partial charge >= 0.3 is 5.97 Å². The number of nitrogens with one attached hydrogen (secondary N) is 1. The summed E-state index contributed by atoms with van der Waals surface area (Å²) in [7, 11) is 0. The maximum Gasteiger partial charge on any atom is 0.303 e. The molecule has 1 fully saturated rings. The van der Waals surface area contributed by atoms with Crippen molar-refractivity contribution < 1.29 is 24.3 Å². The number of carboxylic acids is 1. The summed E-state index contributed by atoms with van der Waals surface area (Å²) in [5, 5.41) is 11.0. The fourth-order valence-corrected chi connectivity index (χ4v) is 2.98. The summed E-state index contributed by atoms with van der Waals surface area (Å²) in [5.74, 6) is -2.02. The summed E-state index contributed by atoms with van der Waals surface area (Å²) in [6.45, 7) is 0.212. The summed E-state index contributed by atoms with van der Waals surface area (Å²) in [5.41, 5.74) is 1.68. The predicted octanol–water partition coefficient (Wildman–Crippen LogP) is -0.140. The molecule has 0 bridgehead atoms. The summed E-state index contributed by atoms with van der Waals surface area (Å²) in [6.07, 6.45) is 2.12. The minimum Gasteiger partial charge on any atom is -0.481 e. The number of aryl methyl sites for hydroxylation is 1. The number of rotatable bonds is 4. The summed E-state index contributed by atoms with van der Waals surface area (Å²) in [4.78, 5) is 52.1. The van der Waals surface area contributed by atoms with Crippen LogP contribution in [0.4, 0.5) is 0 Å². The first-order chi connectivity index (χ1) is 11.0. The van der Waals surface area contributed by atoms with Crippen molar-refractivity contribution >= 4 is 23.7 Å². The van der Waals surface area contributed by atoms with E-state index >= 15 is 0 Å². The van der Waals surface area contributed by atoms with Gasteiger partial charge < -0.3 is 10.0 Å². The number of amides is 3. The predicted molar refractivity (Wildman–Crippen MR) is 76.2 cm³/mol. The number of carbonyl (C=O) groups excluding carboxylic acids is 3. The highest BCUT2D eigenvalue weighted by Crippen LogP contribution is 2.29. The Morgan fingerprint density at radius 3 is 2.87 bits per heavy atom. The zero-order valence-corrected chi connectivity index (χ0v) is 12.2. The molecule has 3 amide bonds. The minimum absolute atomic E-state index is 0.0734. The molecular formula is C15H15N3O5. The van der Waals surface area contributed by atoms with E-state index in [2.05, 4.69) is 10.3 Å². The van der Waals surface area contributed by atoms with Crippen molar-refractivity contribution in [3.63, 3.8) is 0 Å². The van der Waals surface area contributed by atoms with E-state index in [9.17, 15) is 19.2 Å². The van der Waals surface area contributed by atoms with Gasteiger partial charge in [-0.3, -0.25) is 29.5 Å². The van der Waals surface area contributed by atoms with Gasteiger partial charge in [0.2, 0.25) is 11.8 Å². The third-order valence-corrected chi connectivity index (χ3v) is 4.13. The van der Waals surface area contributed by atoms with Gasteiger partial charge in [0, 0.05) is 42.4 Å². The lowest BCUT2D eigenvalue weighted by Gasteiger charge is -2.29. The third kappa shape index (κ3) is 2.79. The summed E-state index contributed by atoms with van der Waals surface area (Å²) in [6, 6.07) is 0.897. The monoisotopic (exact) mass is 317 g/mol. The van der Waals surface area contributed by atoms with Crippen LogP contribution in [0.15, 0.2) is 12.3 Å². The number of carboxylic acid groups (broad SMARTS) is 1. The maximum absolute atomic E-state index is 12.5. The molecule has 0 radical (unpaired) electrons. The highest BCUT2D eigenvalue weighted by atomic mass is 16.4. The molecule has 0 aromatic carbocycles. The van der Waals surface area contributed by atoms with E-state index in [1.165, 1.54) is 11.1 Å². The molecule has 1 aromatic rings. The lowest BCUT2D eigenvalue weighted by Crippen LogP contribution is -2.52. The van der Waals surface area contributed by atoms with Crippen molar-refractivity contribution in [3.05, 3.63) is 29.1 Å². The molecular weight excluding hydrogens is 302 g/mol. The largest absolute Gasteiger partial charge is 0.481 e. The van der Waals surface area contributed by atoms with Crippen LogP contribution in [0.2, 0.25) is 0 Å². The smallest absolute Gasteiger partial charge is 0.303 e. The average Bonchev–Trinajstić information content (AvgIpc) is 2.83. The van der Waals surface area contributed by atoms with Crippen LogP contribution < -0.4 is 5.32 Å². The first kappa shape index (κ1) is 15.1. The molecule has 8 heteroatoms. The average molecular weight is 317 g/mol. The van der Waals surface area contributed by atoms with Gasteiger partial charge in [-0.25, -0.2) is 0 Å². The Bertz CT molecular complexity index is 715. The molecule has 8 nitrogen and oxygen atoms in total. The van der Waals surface area contributed by atoms with Crippen molar-refractivity contribution in [1.82, 2.24) is 15.2 Å². The summed E-state index contributed by atoms with van der Waals surface area (Å²) >= 11 is 0. The Labute approximate surface area is 131 Å². The number of hydrogen-bond donors (Lipinski definition) is 2. The molecule has 1 unspecified atom stereocenters. The number of aliphatic carboxylic acids is 1. The Morgan fingerprint density at radius 1 is 1.39 bits per heavy atom. The van der Waals surface area contributed by atoms with Crippen LogP contribution in [-0.2, 0) is 27.3 Å². The second-order valence-electron chi connectivity index (χ2n) is 5.58. The number of nitrogens with zero attached hydrogens (tertiary/aromatic N) is 2. The van der Waals surface area contributed by atoms with Crippen molar-refractivity contribution in [2.24, 2.45) is 0 Å². The van der Waals surface area contributed by atoms with Crippen LogP contribution in [0, 0.1) is 0 Å². The zero-order valence-electron chi connectivity index (χ0n) is 12.2. The van der Waals surface area contributed by atoms with Crippen molar-refractivity contribution in [1.29, 1.82) is 0 Å². The number of pyridine rings is 1. The lowest BCUT2D eigenvalue weighted by molar-refractivity contribution is -0.138. The van der Waals surface area contributed by atoms with Crippen molar-refractivity contribution in [2.75, 3.05) is 0 Å². The van der Waals surface area contributed by atoms with Crippen molar-refractivity contribution in [2.45, 2.75) is 38.3 Å². The number of imide groups is 1. The molecule has 23 heavy (non-hydrogen) atoms. The molecule has 0 aliphatic carbocycles. The van der Waals surface area contributed by atoms with Gasteiger partial charge in [-0.1, -0.05) is 0 Å². The number of hydrogen-bond acceptors (Lipinski definition) is 5. The number of aromatic nitrogens is 1. The van der Waals surface area contributed by atoms with Crippen LogP contribution in [0.3, 0.4) is 0 Å². The molecule has 3 heterocycles. The minimum atomic E-state index is -0.934. The fraction of sp³-hybridized carbons (Fsp3) is 0.400. The van der Waals surface area contributed by atoms with Crippen molar-refractivity contribution in [3.8, 4) is 0 Å².